The normalized spacial score (nSPS) is 10.6. The lowest BCUT2D eigenvalue weighted by atomic mass is 10.2. The molecule has 2 aromatic rings. The molecule has 0 aliphatic heterocycles. The Balaban J connectivity index is 1.73. The average molecular weight is 286 g/mol. The van der Waals surface area contributed by atoms with Crippen LogP contribution in [0.2, 0.25) is 0 Å². The molecule has 0 saturated heterocycles. The molecule has 0 radical (unpaired) electrons. The molecule has 4 nitrogen and oxygen atoms in total. The van der Waals surface area contributed by atoms with Gasteiger partial charge in [0.1, 0.15) is 18.1 Å². The van der Waals surface area contributed by atoms with Gasteiger partial charge in [-0.3, -0.25) is 4.90 Å². The van der Waals surface area contributed by atoms with E-state index >= 15 is 0 Å². The van der Waals surface area contributed by atoms with Crippen LogP contribution in [0.1, 0.15) is 5.56 Å². The fraction of sp³-hybridized carbons (Fsp3) is 0.294. The molecule has 0 unspecified atom stereocenters. The van der Waals surface area contributed by atoms with Gasteiger partial charge in [0.15, 0.2) is 0 Å². The SMILES string of the molecule is COc1ccc(CN(C)CCOc2ccc(N)cc2)cc1. The largest absolute Gasteiger partial charge is 0.497 e. The Morgan fingerprint density at radius 1 is 0.952 bits per heavy atom. The fourth-order valence-electron chi connectivity index (χ4n) is 2.01. The maximum absolute atomic E-state index is 5.69. The van der Waals surface area contributed by atoms with E-state index in [0.717, 1.165) is 30.3 Å². The summed E-state index contributed by atoms with van der Waals surface area (Å²) in [6.07, 6.45) is 0. The third kappa shape index (κ3) is 5.00. The minimum Gasteiger partial charge on any atom is -0.497 e. The molecule has 2 aromatic carbocycles. The van der Waals surface area contributed by atoms with Gasteiger partial charge in [-0.2, -0.15) is 0 Å². The van der Waals surface area contributed by atoms with Crippen molar-refractivity contribution in [2.24, 2.45) is 0 Å². The molecule has 112 valence electrons. The number of anilines is 1. The maximum Gasteiger partial charge on any atom is 0.119 e. The number of hydrogen-bond acceptors (Lipinski definition) is 4. The molecule has 0 bridgehead atoms. The Labute approximate surface area is 126 Å². The second-order valence-electron chi connectivity index (χ2n) is 5.00. The Hall–Kier alpha value is -2.20. The van der Waals surface area contributed by atoms with Crippen molar-refractivity contribution >= 4 is 5.69 Å². The Kier molecular flexibility index (Phi) is 5.46. The summed E-state index contributed by atoms with van der Waals surface area (Å²) in [5.41, 5.74) is 7.64. The van der Waals surface area contributed by atoms with E-state index in [2.05, 4.69) is 24.1 Å². The summed E-state index contributed by atoms with van der Waals surface area (Å²) in [6, 6.07) is 15.6. The van der Waals surface area contributed by atoms with Gasteiger partial charge >= 0.3 is 0 Å². The summed E-state index contributed by atoms with van der Waals surface area (Å²) < 4.78 is 10.8. The molecule has 0 fully saturated rings. The standard InChI is InChI=1S/C17H22N2O2/c1-19(13-14-3-7-16(20-2)8-4-14)11-12-21-17-9-5-15(18)6-10-17/h3-10H,11-13,18H2,1-2H3. The van der Waals surface area contributed by atoms with Crippen molar-refractivity contribution in [3.8, 4) is 11.5 Å². The zero-order valence-electron chi connectivity index (χ0n) is 12.6. The average Bonchev–Trinajstić information content (AvgIpc) is 2.50. The van der Waals surface area contributed by atoms with E-state index in [1.807, 2.05) is 36.4 Å². The quantitative estimate of drug-likeness (QED) is 0.795. The predicted octanol–water partition coefficient (Wildman–Crippen LogP) is 2.79. The third-order valence-electron chi connectivity index (χ3n) is 3.23. The molecule has 0 saturated carbocycles. The van der Waals surface area contributed by atoms with Crippen LogP contribution in [0.25, 0.3) is 0 Å². The summed E-state index contributed by atoms with van der Waals surface area (Å²) in [5.74, 6) is 1.73. The molecular weight excluding hydrogens is 264 g/mol. The number of nitrogens with zero attached hydrogens (tertiary/aromatic N) is 1. The van der Waals surface area contributed by atoms with E-state index in [0.29, 0.717) is 6.61 Å². The lowest BCUT2D eigenvalue weighted by molar-refractivity contribution is 0.233. The number of nitrogens with two attached hydrogens (primary N) is 1. The van der Waals surface area contributed by atoms with Gasteiger partial charge in [0.2, 0.25) is 0 Å². The molecule has 4 heteroatoms. The number of benzene rings is 2. The molecule has 0 heterocycles. The molecule has 21 heavy (non-hydrogen) atoms. The highest BCUT2D eigenvalue weighted by Crippen LogP contribution is 2.14. The number of rotatable bonds is 7. The monoisotopic (exact) mass is 286 g/mol. The first-order valence-corrected chi connectivity index (χ1v) is 6.97. The van der Waals surface area contributed by atoms with Crippen molar-refractivity contribution in [2.45, 2.75) is 6.54 Å². The molecule has 0 spiro atoms. The van der Waals surface area contributed by atoms with Crippen LogP contribution in [0.15, 0.2) is 48.5 Å². The van der Waals surface area contributed by atoms with E-state index in [1.54, 1.807) is 7.11 Å². The first kappa shape index (κ1) is 15.2. The van der Waals surface area contributed by atoms with Gasteiger partial charge < -0.3 is 15.2 Å². The lowest BCUT2D eigenvalue weighted by Gasteiger charge is -2.17. The molecule has 2 rings (SSSR count). The molecule has 0 aliphatic carbocycles. The highest BCUT2D eigenvalue weighted by Gasteiger charge is 2.02. The van der Waals surface area contributed by atoms with Crippen LogP contribution in [0.4, 0.5) is 5.69 Å². The van der Waals surface area contributed by atoms with E-state index in [9.17, 15) is 0 Å². The van der Waals surface area contributed by atoms with Crippen LogP contribution < -0.4 is 15.2 Å². The summed E-state index contributed by atoms with van der Waals surface area (Å²) in [5, 5.41) is 0. The van der Waals surface area contributed by atoms with Crippen molar-refractivity contribution in [3.05, 3.63) is 54.1 Å². The van der Waals surface area contributed by atoms with Gasteiger partial charge in [-0.25, -0.2) is 0 Å². The van der Waals surface area contributed by atoms with Gasteiger partial charge in [-0.15, -0.1) is 0 Å². The Morgan fingerprint density at radius 3 is 2.19 bits per heavy atom. The van der Waals surface area contributed by atoms with Crippen molar-refractivity contribution in [1.29, 1.82) is 0 Å². The lowest BCUT2D eigenvalue weighted by Crippen LogP contribution is -2.23. The number of likely N-dealkylation sites (N-methyl/N-ethyl adjacent to an activating group) is 1. The summed E-state index contributed by atoms with van der Waals surface area (Å²) in [7, 11) is 3.76. The number of hydrogen-bond donors (Lipinski definition) is 1. The maximum atomic E-state index is 5.69. The van der Waals surface area contributed by atoms with E-state index in [1.165, 1.54) is 5.56 Å². The molecule has 0 atom stereocenters. The summed E-state index contributed by atoms with van der Waals surface area (Å²) >= 11 is 0. The zero-order chi connectivity index (χ0) is 15.1. The zero-order valence-corrected chi connectivity index (χ0v) is 12.6. The molecule has 0 amide bonds. The van der Waals surface area contributed by atoms with Crippen molar-refractivity contribution in [3.63, 3.8) is 0 Å². The van der Waals surface area contributed by atoms with Gasteiger partial charge in [0.25, 0.3) is 0 Å². The van der Waals surface area contributed by atoms with E-state index < -0.39 is 0 Å². The summed E-state index contributed by atoms with van der Waals surface area (Å²) in [6.45, 7) is 2.39. The van der Waals surface area contributed by atoms with Gasteiger partial charge in [0, 0.05) is 18.8 Å². The van der Waals surface area contributed by atoms with Crippen LogP contribution in [-0.2, 0) is 6.54 Å². The van der Waals surface area contributed by atoms with Crippen molar-refractivity contribution in [1.82, 2.24) is 4.90 Å². The second-order valence-corrected chi connectivity index (χ2v) is 5.00. The minimum atomic E-state index is 0.649. The first-order valence-electron chi connectivity index (χ1n) is 6.97. The van der Waals surface area contributed by atoms with E-state index in [-0.39, 0.29) is 0 Å². The van der Waals surface area contributed by atoms with Crippen LogP contribution in [0.3, 0.4) is 0 Å². The van der Waals surface area contributed by atoms with Crippen LogP contribution in [0, 0.1) is 0 Å². The topological polar surface area (TPSA) is 47.7 Å². The third-order valence-corrected chi connectivity index (χ3v) is 3.23. The molecule has 0 aliphatic rings. The van der Waals surface area contributed by atoms with Crippen LogP contribution in [-0.4, -0.2) is 32.2 Å². The van der Waals surface area contributed by atoms with Crippen LogP contribution >= 0.6 is 0 Å². The first-order chi connectivity index (χ1) is 10.2. The van der Waals surface area contributed by atoms with Crippen molar-refractivity contribution < 1.29 is 9.47 Å². The molecule has 0 aromatic heterocycles. The number of nitrogen functional groups attached to an aromatic ring is 1. The number of methoxy groups -OCH3 is 1. The molecular formula is C17H22N2O2. The second kappa shape index (κ2) is 7.55. The highest BCUT2D eigenvalue weighted by molar-refractivity contribution is 5.41. The number of ether oxygens (including phenoxy) is 2. The Morgan fingerprint density at radius 2 is 1.57 bits per heavy atom. The van der Waals surface area contributed by atoms with Crippen molar-refractivity contribution in [2.75, 3.05) is 33.0 Å². The minimum absolute atomic E-state index is 0.649. The molecule has 2 N–H and O–H groups in total. The van der Waals surface area contributed by atoms with Gasteiger partial charge in [-0.1, -0.05) is 12.1 Å². The van der Waals surface area contributed by atoms with Gasteiger partial charge in [0.05, 0.1) is 7.11 Å². The van der Waals surface area contributed by atoms with E-state index in [4.69, 9.17) is 15.2 Å². The Bertz CT molecular complexity index is 538. The fourth-order valence-corrected chi connectivity index (χ4v) is 2.01. The van der Waals surface area contributed by atoms with Crippen LogP contribution in [0.5, 0.6) is 11.5 Å². The van der Waals surface area contributed by atoms with Gasteiger partial charge in [-0.05, 0) is 49.0 Å². The predicted molar refractivity (Wildman–Crippen MR) is 85.7 cm³/mol. The smallest absolute Gasteiger partial charge is 0.119 e. The summed E-state index contributed by atoms with van der Waals surface area (Å²) in [4.78, 5) is 2.22. The highest BCUT2D eigenvalue weighted by atomic mass is 16.5.